The molecule has 1 saturated carbocycles. The predicted octanol–water partition coefficient (Wildman–Crippen LogP) is 3.30. The Balaban J connectivity index is 0.00000192. The highest BCUT2D eigenvalue weighted by Crippen LogP contribution is 2.34. The van der Waals surface area contributed by atoms with Gasteiger partial charge < -0.3 is 10.3 Å². The SMILES string of the molecule is Cl.NC1(c2noc(/C=C/c3ccc([N+](=O)[O-])cc3)n2)CCCC1. The number of nitro benzene ring substituents is 1. The molecule has 1 fully saturated rings. The van der Waals surface area contributed by atoms with Gasteiger partial charge in [-0.05, 0) is 36.6 Å². The van der Waals surface area contributed by atoms with E-state index in [1.807, 2.05) is 0 Å². The van der Waals surface area contributed by atoms with Crippen LogP contribution in [0.3, 0.4) is 0 Å². The van der Waals surface area contributed by atoms with Gasteiger partial charge >= 0.3 is 0 Å². The van der Waals surface area contributed by atoms with Crippen LogP contribution < -0.4 is 5.73 Å². The van der Waals surface area contributed by atoms with Crippen molar-refractivity contribution in [3.05, 3.63) is 51.7 Å². The second-order valence-corrected chi connectivity index (χ2v) is 5.50. The Hall–Kier alpha value is -2.25. The zero-order chi connectivity index (χ0) is 15.6. The molecule has 0 bridgehead atoms. The van der Waals surface area contributed by atoms with Crippen molar-refractivity contribution in [3.8, 4) is 0 Å². The number of nitrogens with two attached hydrogens (primary N) is 1. The largest absolute Gasteiger partial charge is 0.335 e. The Bertz CT molecular complexity index is 706. The van der Waals surface area contributed by atoms with E-state index in [1.54, 1.807) is 24.3 Å². The second-order valence-electron chi connectivity index (χ2n) is 5.50. The minimum atomic E-state index is -0.469. The van der Waals surface area contributed by atoms with Crippen LogP contribution >= 0.6 is 12.4 Å². The first-order valence-electron chi connectivity index (χ1n) is 7.12. The van der Waals surface area contributed by atoms with Crippen molar-refractivity contribution >= 4 is 30.2 Å². The molecule has 0 atom stereocenters. The van der Waals surface area contributed by atoms with E-state index in [1.165, 1.54) is 12.1 Å². The maximum atomic E-state index is 10.6. The van der Waals surface area contributed by atoms with Gasteiger partial charge in [-0.25, -0.2) is 0 Å². The molecule has 1 aromatic carbocycles. The number of hydrogen-bond acceptors (Lipinski definition) is 6. The van der Waals surface area contributed by atoms with Gasteiger partial charge in [0.2, 0.25) is 0 Å². The molecule has 0 unspecified atom stereocenters. The third-order valence-electron chi connectivity index (χ3n) is 3.91. The van der Waals surface area contributed by atoms with E-state index >= 15 is 0 Å². The number of nitrogens with zero attached hydrogens (tertiary/aromatic N) is 3. The summed E-state index contributed by atoms with van der Waals surface area (Å²) in [6.45, 7) is 0. The van der Waals surface area contributed by atoms with Gasteiger partial charge in [0.15, 0.2) is 5.82 Å². The molecule has 0 radical (unpaired) electrons. The van der Waals surface area contributed by atoms with Gasteiger partial charge in [0, 0.05) is 18.2 Å². The first-order valence-corrected chi connectivity index (χ1v) is 7.12. The van der Waals surface area contributed by atoms with Gasteiger partial charge in [0.05, 0.1) is 10.5 Å². The van der Waals surface area contributed by atoms with Gasteiger partial charge in [-0.2, -0.15) is 4.98 Å². The molecule has 1 aliphatic rings. The Morgan fingerprint density at radius 1 is 1.22 bits per heavy atom. The predicted molar refractivity (Wildman–Crippen MR) is 87.9 cm³/mol. The second kappa shape index (κ2) is 6.89. The summed E-state index contributed by atoms with van der Waals surface area (Å²) >= 11 is 0. The summed E-state index contributed by atoms with van der Waals surface area (Å²) in [7, 11) is 0. The summed E-state index contributed by atoms with van der Waals surface area (Å²) in [5.41, 5.74) is 6.68. The van der Waals surface area contributed by atoms with Crippen LogP contribution in [0, 0.1) is 10.1 Å². The highest BCUT2D eigenvalue weighted by molar-refractivity contribution is 5.85. The van der Waals surface area contributed by atoms with Crippen molar-refractivity contribution in [1.82, 2.24) is 10.1 Å². The first-order chi connectivity index (χ1) is 10.6. The highest BCUT2D eigenvalue weighted by atomic mass is 35.5. The Kier molecular flexibility index (Phi) is 5.12. The number of benzene rings is 1. The fourth-order valence-electron chi connectivity index (χ4n) is 2.61. The van der Waals surface area contributed by atoms with Crippen LogP contribution in [-0.2, 0) is 5.54 Å². The van der Waals surface area contributed by atoms with Crippen molar-refractivity contribution in [2.75, 3.05) is 0 Å². The van der Waals surface area contributed by atoms with E-state index in [4.69, 9.17) is 10.3 Å². The number of aromatic nitrogens is 2. The molecule has 3 rings (SSSR count). The van der Waals surface area contributed by atoms with Crippen LogP contribution in [0.1, 0.15) is 43.0 Å². The molecule has 1 heterocycles. The maximum absolute atomic E-state index is 10.6. The molecule has 122 valence electrons. The van der Waals surface area contributed by atoms with Gasteiger partial charge in [0.25, 0.3) is 11.6 Å². The standard InChI is InChI=1S/C15H16N4O3.ClH/c16-15(9-1-2-10-15)14-17-13(22-18-14)8-5-11-3-6-12(7-4-11)19(20)21;/h3-8H,1-2,9-10,16H2;1H/b8-5+;. The molecular formula is C15H17ClN4O3. The van der Waals surface area contributed by atoms with Crippen LogP contribution in [0.4, 0.5) is 5.69 Å². The average Bonchev–Trinajstić information content (AvgIpc) is 3.15. The van der Waals surface area contributed by atoms with Gasteiger partial charge in [-0.15, -0.1) is 12.4 Å². The molecule has 1 aromatic heterocycles. The smallest absolute Gasteiger partial charge is 0.269 e. The van der Waals surface area contributed by atoms with Gasteiger partial charge in [-0.3, -0.25) is 10.1 Å². The molecular weight excluding hydrogens is 320 g/mol. The van der Waals surface area contributed by atoms with Crippen molar-refractivity contribution in [2.24, 2.45) is 5.73 Å². The molecule has 0 amide bonds. The summed E-state index contributed by atoms with van der Waals surface area (Å²) in [5, 5.41) is 14.6. The van der Waals surface area contributed by atoms with Crippen LogP contribution in [0.25, 0.3) is 12.2 Å². The van der Waals surface area contributed by atoms with E-state index < -0.39 is 10.5 Å². The molecule has 0 saturated heterocycles. The summed E-state index contributed by atoms with van der Waals surface area (Å²) in [6, 6.07) is 6.22. The number of halogens is 1. The molecule has 2 N–H and O–H groups in total. The van der Waals surface area contributed by atoms with E-state index in [9.17, 15) is 10.1 Å². The zero-order valence-electron chi connectivity index (χ0n) is 12.3. The van der Waals surface area contributed by atoms with Crippen molar-refractivity contribution in [2.45, 2.75) is 31.2 Å². The maximum Gasteiger partial charge on any atom is 0.269 e. The molecule has 0 spiro atoms. The lowest BCUT2D eigenvalue weighted by atomic mass is 9.99. The van der Waals surface area contributed by atoms with Crippen LogP contribution in [0.2, 0.25) is 0 Å². The lowest BCUT2D eigenvalue weighted by Crippen LogP contribution is -2.34. The summed E-state index contributed by atoms with van der Waals surface area (Å²) in [4.78, 5) is 14.5. The molecule has 7 nitrogen and oxygen atoms in total. The van der Waals surface area contributed by atoms with Gasteiger partial charge in [0.1, 0.15) is 0 Å². The first kappa shape index (κ1) is 17.1. The molecule has 2 aromatic rings. The van der Waals surface area contributed by atoms with Crippen molar-refractivity contribution in [3.63, 3.8) is 0 Å². The van der Waals surface area contributed by atoms with Gasteiger partial charge in [-0.1, -0.05) is 18.0 Å². The lowest BCUT2D eigenvalue weighted by Gasteiger charge is -2.17. The van der Waals surface area contributed by atoms with E-state index in [-0.39, 0.29) is 18.1 Å². The van der Waals surface area contributed by atoms with Crippen LogP contribution in [0.15, 0.2) is 28.8 Å². The number of non-ortho nitro benzene ring substituents is 1. The molecule has 1 aliphatic carbocycles. The lowest BCUT2D eigenvalue weighted by molar-refractivity contribution is -0.384. The minimum absolute atomic E-state index is 0. The fourth-order valence-corrected chi connectivity index (χ4v) is 2.61. The Morgan fingerprint density at radius 3 is 2.48 bits per heavy atom. The average molecular weight is 337 g/mol. The third kappa shape index (κ3) is 3.75. The van der Waals surface area contributed by atoms with E-state index in [0.29, 0.717) is 11.7 Å². The third-order valence-corrected chi connectivity index (χ3v) is 3.91. The minimum Gasteiger partial charge on any atom is -0.335 e. The van der Waals surface area contributed by atoms with Crippen molar-refractivity contribution in [1.29, 1.82) is 0 Å². The molecule has 23 heavy (non-hydrogen) atoms. The Labute approximate surface area is 139 Å². The van der Waals surface area contributed by atoms with Crippen molar-refractivity contribution < 1.29 is 9.45 Å². The van der Waals surface area contributed by atoms with E-state index in [0.717, 1.165) is 31.2 Å². The Morgan fingerprint density at radius 2 is 1.87 bits per heavy atom. The van der Waals surface area contributed by atoms with Crippen LogP contribution in [0.5, 0.6) is 0 Å². The fraction of sp³-hybridized carbons (Fsp3) is 0.333. The summed E-state index contributed by atoms with van der Waals surface area (Å²) < 4.78 is 5.19. The highest BCUT2D eigenvalue weighted by Gasteiger charge is 2.35. The summed E-state index contributed by atoms with van der Waals surface area (Å²) in [5.74, 6) is 0.929. The quantitative estimate of drug-likeness (QED) is 0.677. The van der Waals surface area contributed by atoms with E-state index in [2.05, 4.69) is 10.1 Å². The zero-order valence-corrected chi connectivity index (χ0v) is 13.2. The monoisotopic (exact) mass is 336 g/mol. The van der Waals surface area contributed by atoms with Crippen LogP contribution in [-0.4, -0.2) is 15.1 Å². The number of hydrogen-bond donors (Lipinski definition) is 1. The summed E-state index contributed by atoms with van der Waals surface area (Å²) in [6.07, 6.45) is 7.35. The number of rotatable bonds is 4. The number of nitro groups is 1. The topological polar surface area (TPSA) is 108 Å². The normalized spacial score (nSPS) is 16.4. The molecule has 8 heteroatoms. The molecule has 0 aliphatic heterocycles.